The molecule has 5 heteroatoms. The zero-order chi connectivity index (χ0) is 12.8. The monoisotopic (exact) mass is 249 g/mol. The van der Waals surface area contributed by atoms with Crippen LogP contribution in [-0.2, 0) is 4.74 Å². The lowest BCUT2D eigenvalue weighted by Crippen LogP contribution is -2.30. The number of carbonyl (C=O) groups excluding carboxylic acids is 1. The molecular formula is C13H19N3O2. The summed E-state index contributed by atoms with van der Waals surface area (Å²) in [6, 6.07) is 3.97. The Morgan fingerprint density at radius 2 is 2.50 bits per heavy atom. The minimum atomic E-state index is -0.138. The molecule has 2 heterocycles. The van der Waals surface area contributed by atoms with Crippen molar-refractivity contribution in [2.75, 3.05) is 25.1 Å². The van der Waals surface area contributed by atoms with E-state index in [0.717, 1.165) is 31.7 Å². The van der Waals surface area contributed by atoms with Crippen molar-refractivity contribution in [3.8, 4) is 0 Å². The fourth-order valence-electron chi connectivity index (χ4n) is 1.99. The summed E-state index contributed by atoms with van der Waals surface area (Å²) >= 11 is 0. The molecule has 0 aromatic carbocycles. The van der Waals surface area contributed by atoms with E-state index >= 15 is 0 Å². The average Bonchev–Trinajstić information content (AvgIpc) is 2.40. The van der Waals surface area contributed by atoms with Gasteiger partial charge in [-0.3, -0.25) is 9.78 Å². The summed E-state index contributed by atoms with van der Waals surface area (Å²) in [6.45, 7) is 4.06. The van der Waals surface area contributed by atoms with E-state index in [0.29, 0.717) is 18.3 Å². The molecule has 0 saturated carbocycles. The summed E-state index contributed by atoms with van der Waals surface area (Å²) in [6.07, 6.45) is 3.82. The maximum absolute atomic E-state index is 11.7. The van der Waals surface area contributed by atoms with Crippen LogP contribution in [0.15, 0.2) is 18.3 Å². The molecule has 1 aliphatic rings. The van der Waals surface area contributed by atoms with Gasteiger partial charge >= 0.3 is 0 Å². The number of ether oxygens (including phenoxy) is 1. The molecule has 5 nitrogen and oxygen atoms in total. The molecule has 1 atom stereocenters. The number of nitrogens with zero attached hydrogens (tertiary/aromatic N) is 1. The Balaban J connectivity index is 2.00. The quantitative estimate of drug-likeness (QED) is 0.847. The molecule has 1 saturated heterocycles. The summed E-state index contributed by atoms with van der Waals surface area (Å²) in [5, 5.41) is 6.11. The van der Waals surface area contributed by atoms with E-state index in [9.17, 15) is 4.79 Å². The second-order valence-corrected chi connectivity index (χ2v) is 4.35. The summed E-state index contributed by atoms with van der Waals surface area (Å²) in [4.78, 5) is 15.7. The molecule has 1 aromatic heterocycles. The molecule has 2 N–H and O–H groups in total. The second kappa shape index (κ2) is 6.35. The van der Waals surface area contributed by atoms with Crippen LogP contribution in [0.2, 0.25) is 0 Å². The number of anilines is 1. The van der Waals surface area contributed by atoms with Crippen LogP contribution in [0.4, 0.5) is 5.69 Å². The molecular weight excluding hydrogens is 230 g/mol. The van der Waals surface area contributed by atoms with Crippen LogP contribution in [0.1, 0.15) is 30.3 Å². The van der Waals surface area contributed by atoms with E-state index in [1.807, 2.05) is 13.0 Å². The SMILES string of the molecule is CCNC(=O)c1cc(NC2CCCOC2)ccn1. The highest BCUT2D eigenvalue weighted by molar-refractivity contribution is 5.93. The Kier molecular flexibility index (Phi) is 4.52. The smallest absolute Gasteiger partial charge is 0.269 e. The van der Waals surface area contributed by atoms with E-state index in [1.54, 1.807) is 12.3 Å². The van der Waals surface area contributed by atoms with Crippen LogP contribution in [0.3, 0.4) is 0 Å². The van der Waals surface area contributed by atoms with E-state index in [-0.39, 0.29) is 5.91 Å². The van der Waals surface area contributed by atoms with Crippen molar-refractivity contribution in [1.29, 1.82) is 0 Å². The third-order valence-corrected chi connectivity index (χ3v) is 2.86. The molecule has 1 aromatic rings. The fraction of sp³-hybridized carbons (Fsp3) is 0.538. The van der Waals surface area contributed by atoms with E-state index in [4.69, 9.17) is 4.74 Å². The van der Waals surface area contributed by atoms with Crippen LogP contribution in [-0.4, -0.2) is 36.7 Å². The van der Waals surface area contributed by atoms with Crippen LogP contribution in [0.5, 0.6) is 0 Å². The van der Waals surface area contributed by atoms with Gasteiger partial charge in [0.15, 0.2) is 0 Å². The van der Waals surface area contributed by atoms with Crippen LogP contribution < -0.4 is 10.6 Å². The molecule has 0 spiro atoms. The largest absolute Gasteiger partial charge is 0.380 e. The minimum absolute atomic E-state index is 0.138. The van der Waals surface area contributed by atoms with Crippen LogP contribution >= 0.6 is 0 Å². The number of hydrogen-bond donors (Lipinski definition) is 2. The molecule has 1 fully saturated rings. The summed E-state index contributed by atoms with van der Waals surface area (Å²) in [5.74, 6) is -0.138. The molecule has 0 aliphatic carbocycles. The molecule has 18 heavy (non-hydrogen) atoms. The van der Waals surface area contributed by atoms with Crippen molar-refractivity contribution in [2.24, 2.45) is 0 Å². The molecule has 0 bridgehead atoms. The predicted molar refractivity (Wildman–Crippen MR) is 69.7 cm³/mol. The van der Waals surface area contributed by atoms with E-state index in [2.05, 4.69) is 15.6 Å². The van der Waals surface area contributed by atoms with Crippen molar-refractivity contribution < 1.29 is 9.53 Å². The molecule has 98 valence electrons. The van der Waals surface area contributed by atoms with Gasteiger partial charge in [0, 0.05) is 31.1 Å². The van der Waals surface area contributed by atoms with Crippen molar-refractivity contribution >= 4 is 11.6 Å². The average molecular weight is 249 g/mol. The number of hydrogen-bond acceptors (Lipinski definition) is 4. The number of amides is 1. The lowest BCUT2D eigenvalue weighted by molar-refractivity contribution is 0.0876. The summed E-state index contributed by atoms with van der Waals surface area (Å²) < 4.78 is 5.41. The Morgan fingerprint density at radius 3 is 3.22 bits per heavy atom. The van der Waals surface area contributed by atoms with Crippen LogP contribution in [0, 0.1) is 0 Å². The standard InChI is InChI=1S/C13H19N3O2/c1-2-14-13(17)12-8-10(5-6-15-12)16-11-4-3-7-18-9-11/h5-6,8,11H,2-4,7,9H2,1H3,(H,14,17)(H,15,16). The lowest BCUT2D eigenvalue weighted by Gasteiger charge is -2.24. The normalized spacial score (nSPS) is 19.3. The molecule has 0 radical (unpaired) electrons. The third kappa shape index (κ3) is 3.43. The second-order valence-electron chi connectivity index (χ2n) is 4.35. The predicted octanol–water partition coefficient (Wildman–Crippen LogP) is 1.42. The van der Waals surface area contributed by atoms with Gasteiger partial charge in [-0.15, -0.1) is 0 Å². The van der Waals surface area contributed by atoms with Gasteiger partial charge in [-0.25, -0.2) is 0 Å². The Morgan fingerprint density at radius 1 is 1.61 bits per heavy atom. The van der Waals surface area contributed by atoms with Gasteiger partial charge in [0.2, 0.25) is 0 Å². The zero-order valence-electron chi connectivity index (χ0n) is 10.6. The Hall–Kier alpha value is -1.62. The first-order chi connectivity index (χ1) is 8.79. The van der Waals surface area contributed by atoms with Crippen LogP contribution in [0.25, 0.3) is 0 Å². The van der Waals surface area contributed by atoms with Gasteiger partial charge in [-0.05, 0) is 31.9 Å². The highest BCUT2D eigenvalue weighted by atomic mass is 16.5. The summed E-state index contributed by atoms with van der Waals surface area (Å²) in [5.41, 5.74) is 1.36. The Bertz CT molecular complexity index is 403. The molecule has 1 aliphatic heterocycles. The first-order valence-corrected chi connectivity index (χ1v) is 6.38. The minimum Gasteiger partial charge on any atom is -0.380 e. The third-order valence-electron chi connectivity index (χ3n) is 2.86. The van der Waals surface area contributed by atoms with Gasteiger partial charge in [-0.2, -0.15) is 0 Å². The first kappa shape index (κ1) is 12.8. The first-order valence-electron chi connectivity index (χ1n) is 6.38. The van der Waals surface area contributed by atoms with Crippen molar-refractivity contribution in [3.63, 3.8) is 0 Å². The number of nitrogens with one attached hydrogen (secondary N) is 2. The molecule has 2 rings (SSSR count). The molecule has 1 unspecified atom stereocenters. The van der Waals surface area contributed by atoms with Gasteiger partial charge in [0.05, 0.1) is 6.61 Å². The maximum Gasteiger partial charge on any atom is 0.269 e. The van der Waals surface area contributed by atoms with E-state index in [1.165, 1.54) is 0 Å². The summed E-state index contributed by atoms with van der Waals surface area (Å²) in [7, 11) is 0. The number of rotatable bonds is 4. The van der Waals surface area contributed by atoms with Gasteiger partial charge in [0.1, 0.15) is 5.69 Å². The van der Waals surface area contributed by atoms with Gasteiger partial charge < -0.3 is 15.4 Å². The van der Waals surface area contributed by atoms with Gasteiger partial charge in [0.25, 0.3) is 5.91 Å². The van der Waals surface area contributed by atoms with Gasteiger partial charge in [-0.1, -0.05) is 0 Å². The lowest BCUT2D eigenvalue weighted by atomic mass is 10.1. The number of pyridine rings is 1. The maximum atomic E-state index is 11.7. The number of aromatic nitrogens is 1. The Labute approximate surface area is 107 Å². The number of carbonyl (C=O) groups is 1. The highest BCUT2D eigenvalue weighted by Crippen LogP contribution is 2.14. The van der Waals surface area contributed by atoms with Crippen molar-refractivity contribution in [1.82, 2.24) is 10.3 Å². The van der Waals surface area contributed by atoms with Crippen molar-refractivity contribution in [3.05, 3.63) is 24.0 Å². The highest BCUT2D eigenvalue weighted by Gasteiger charge is 2.14. The topological polar surface area (TPSA) is 63.2 Å². The fourth-order valence-corrected chi connectivity index (χ4v) is 1.99. The molecule has 1 amide bonds. The van der Waals surface area contributed by atoms with Crippen molar-refractivity contribution in [2.45, 2.75) is 25.8 Å². The zero-order valence-corrected chi connectivity index (χ0v) is 10.6. The van der Waals surface area contributed by atoms with E-state index < -0.39 is 0 Å².